The number of fused-ring (bicyclic) bond motifs is 1. The van der Waals surface area contributed by atoms with Crippen molar-refractivity contribution in [3.63, 3.8) is 0 Å². The van der Waals surface area contributed by atoms with Crippen LogP contribution < -0.4 is 20.9 Å². The Kier molecular flexibility index (Phi) is 7.05. The lowest BCUT2D eigenvalue weighted by molar-refractivity contribution is -0.119. The molecule has 6 nitrogen and oxygen atoms in total. The summed E-state index contributed by atoms with van der Waals surface area (Å²) in [4.78, 5) is 17.4. The fraction of sp³-hybridized carbons (Fsp3) is 0.150. The maximum absolute atomic E-state index is 12.1. The van der Waals surface area contributed by atoms with Crippen molar-refractivity contribution in [1.29, 1.82) is 0 Å². The Morgan fingerprint density at radius 1 is 1.11 bits per heavy atom. The molecule has 3 N–H and O–H groups in total. The topological polar surface area (TPSA) is 75.3 Å². The average molecular weight is 413 g/mol. The van der Waals surface area contributed by atoms with Gasteiger partial charge in [-0.15, -0.1) is 11.8 Å². The van der Waals surface area contributed by atoms with Crippen molar-refractivity contribution >= 4 is 45.9 Å². The number of ether oxygens (including phenoxy) is 1. The van der Waals surface area contributed by atoms with E-state index in [1.807, 2.05) is 54.6 Å². The van der Waals surface area contributed by atoms with Crippen molar-refractivity contribution in [2.75, 3.05) is 12.9 Å². The summed E-state index contributed by atoms with van der Waals surface area (Å²) in [7, 11) is 1.63. The van der Waals surface area contributed by atoms with Crippen LogP contribution in [0.1, 0.15) is 5.56 Å². The molecule has 0 spiro atoms. The van der Waals surface area contributed by atoms with E-state index in [0.29, 0.717) is 11.7 Å². The molecule has 0 bridgehead atoms. The Balaban J connectivity index is 1.41. The molecule has 3 rings (SSSR count). The number of nitrogens with one attached hydrogen (secondary N) is 3. The van der Waals surface area contributed by atoms with Gasteiger partial charge in [-0.25, -0.2) is 0 Å². The molecular formula is C20H20N4O2S2. The van der Waals surface area contributed by atoms with E-state index in [-0.39, 0.29) is 11.7 Å². The van der Waals surface area contributed by atoms with Gasteiger partial charge in [0.1, 0.15) is 5.75 Å². The van der Waals surface area contributed by atoms with Crippen LogP contribution in [0.15, 0.2) is 65.7 Å². The monoisotopic (exact) mass is 412 g/mol. The second-order valence-corrected chi connectivity index (χ2v) is 7.25. The van der Waals surface area contributed by atoms with Gasteiger partial charge in [0, 0.05) is 23.0 Å². The van der Waals surface area contributed by atoms with Crippen molar-refractivity contribution < 1.29 is 9.53 Å². The van der Waals surface area contributed by atoms with E-state index in [9.17, 15) is 4.79 Å². The minimum atomic E-state index is -0.175. The number of carbonyl (C=O) groups excluding carboxylic acids is 1. The van der Waals surface area contributed by atoms with Crippen molar-refractivity contribution in [2.45, 2.75) is 11.4 Å². The maximum atomic E-state index is 12.1. The van der Waals surface area contributed by atoms with Crippen LogP contribution >= 0.6 is 24.0 Å². The van der Waals surface area contributed by atoms with Crippen LogP contribution in [0, 0.1) is 0 Å². The van der Waals surface area contributed by atoms with Gasteiger partial charge in [-0.1, -0.05) is 30.3 Å². The molecule has 8 heteroatoms. The summed E-state index contributed by atoms with van der Waals surface area (Å²) in [5.41, 5.74) is 7.26. The molecule has 144 valence electrons. The van der Waals surface area contributed by atoms with E-state index in [2.05, 4.69) is 21.2 Å². The fourth-order valence-electron chi connectivity index (χ4n) is 2.47. The van der Waals surface area contributed by atoms with Crippen LogP contribution in [0.25, 0.3) is 10.9 Å². The van der Waals surface area contributed by atoms with Crippen molar-refractivity contribution in [2.24, 2.45) is 0 Å². The molecule has 1 heterocycles. The molecule has 3 aromatic rings. The molecule has 0 aliphatic carbocycles. The number of aromatic nitrogens is 1. The van der Waals surface area contributed by atoms with E-state index < -0.39 is 0 Å². The predicted molar refractivity (Wildman–Crippen MR) is 116 cm³/mol. The number of rotatable bonds is 6. The SMILES string of the molecule is COc1ccc(CNC(=S)NNC(=O)CSc2cccc3cccnc23)cc1. The Hall–Kier alpha value is -2.84. The molecule has 28 heavy (non-hydrogen) atoms. The lowest BCUT2D eigenvalue weighted by Crippen LogP contribution is -2.47. The molecule has 0 unspecified atom stereocenters. The maximum Gasteiger partial charge on any atom is 0.248 e. The van der Waals surface area contributed by atoms with Crippen LogP contribution in [0.5, 0.6) is 5.75 Å². The van der Waals surface area contributed by atoms with E-state index in [0.717, 1.165) is 27.1 Å². The number of thioether (sulfide) groups is 1. The summed E-state index contributed by atoms with van der Waals surface area (Å²) in [5.74, 6) is 0.881. The highest BCUT2D eigenvalue weighted by Crippen LogP contribution is 2.25. The number of para-hydroxylation sites is 1. The number of hydrogen-bond acceptors (Lipinski definition) is 5. The molecule has 2 aromatic carbocycles. The normalized spacial score (nSPS) is 10.3. The van der Waals surface area contributed by atoms with Gasteiger partial charge in [0.2, 0.25) is 5.91 Å². The minimum Gasteiger partial charge on any atom is -0.497 e. The molecule has 1 amide bonds. The van der Waals surface area contributed by atoms with E-state index >= 15 is 0 Å². The van der Waals surface area contributed by atoms with Gasteiger partial charge in [0.05, 0.1) is 18.4 Å². The van der Waals surface area contributed by atoms with Crippen molar-refractivity contribution in [1.82, 2.24) is 21.2 Å². The lowest BCUT2D eigenvalue weighted by Gasteiger charge is -2.12. The summed E-state index contributed by atoms with van der Waals surface area (Å²) in [6.07, 6.45) is 1.75. The number of hydrazine groups is 1. The third-order valence-electron chi connectivity index (χ3n) is 3.88. The Morgan fingerprint density at radius 3 is 2.68 bits per heavy atom. The summed E-state index contributed by atoms with van der Waals surface area (Å²) >= 11 is 6.62. The molecule has 0 radical (unpaired) electrons. The average Bonchev–Trinajstić information content (AvgIpc) is 2.75. The summed E-state index contributed by atoms with van der Waals surface area (Å²) in [6.45, 7) is 0.544. The van der Waals surface area contributed by atoms with E-state index in [4.69, 9.17) is 17.0 Å². The zero-order valence-corrected chi connectivity index (χ0v) is 16.9. The van der Waals surface area contributed by atoms with Crippen molar-refractivity contribution in [3.8, 4) is 5.75 Å². The number of thiocarbonyl (C=S) groups is 1. The smallest absolute Gasteiger partial charge is 0.248 e. The van der Waals surface area contributed by atoms with E-state index in [1.165, 1.54) is 11.8 Å². The van der Waals surface area contributed by atoms with Crippen molar-refractivity contribution in [3.05, 3.63) is 66.4 Å². The molecule has 0 aliphatic heterocycles. The number of hydrogen-bond donors (Lipinski definition) is 3. The lowest BCUT2D eigenvalue weighted by atomic mass is 10.2. The first-order valence-corrected chi connectivity index (χ1v) is 9.97. The van der Waals surface area contributed by atoms with Crippen LogP contribution in [0.4, 0.5) is 0 Å². The molecule has 0 aliphatic rings. The number of nitrogens with zero attached hydrogens (tertiary/aromatic N) is 1. The minimum absolute atomic E-state index is 0.175. The van der Waals surface area contributed by atoms with Crippen LogP contribution in [-0.2, 0) is 11.3 Å². The summed E-state index contributed by atoms with van der Waals surface area (Å²) in [6, 6.07) is 17.5. The van der Waals surface area contributed by atoms with Gasteiger partial charge in [-0.3, -0.25) is 20.6 Å². The number of amides is 1. The first-order valence-electron chi connectivity index (χ1n) is 8.58. The number of benzene rings is 2. The highest BCUT2D eigenvalue weighted by Gasteiger charge is 2.07. The second kappa shape index (κ2) is 9.91. The first kappa shape index (κ1) is 19.9. The van der Waals surface area contributed by atoms with Crippen LogP contribution in [0.2, 0.25) is 0 Å². The van der Waals surface area contributed by atoms with Gasteiger partial charge >= 0.3 is 0 Å². The third kappa shape index (κ3) is 5.58. The van der Waals surface area contributed by atoms with Gasteiger partial charge in [-0.2, -0.15) is 0 Å². The largest absolute Gasteiger partial charge is 0.497 e. The molecule has 1 aromatic heterocycles. The molecular weight excluding hydrogens is 392 g/mol. The second-order valence-electron chi connectivity index (χ2n) is 5.82. The fourth-order valence-corrected chi connectivity index (χ4v) is 3.43. The number of methoxy groups -OCH3 is 1. The third-order valence-corrected chi connectivity index (χ3v) is 5.18. The highest BCUT2D eigenvalue weighted by molar-refractivity contribution is 8.00. The zero-order valence-electron chi connectivity index (χ0n) is 15.3. The van der Waals surface area contributed by atoms with Gasteiger partial charge in [0.25, 0.3) is 0 Å². The Bertz CT molecular complexity index is 959. The van der Waals surface area contributed by atoms with Crippen LogP contribution in [-0.4, -0.2) is 28.9 Å². The van der Waals surface area contributed by atoms with Gasteiger partial charge in [-0.05, 0) is 42.0 Å². The molecule has 0 atom stereocenters. The molecule has 0 fully saturated rings. The van der Waals surface area contributed by atoms with Gasteiger partial charge in [0.15, 0.2) is 5.11 Å². The summed E-state index contributed by atoms with van der Waals surface area (Å²) in [5, 5.41) is 4.44. The first-order chi connectivity index (χ1) is 13.7. The number of carbonyl (C=O) groups is 1. The quantitative estimate of drug-likeness (QED) is 0.326. The van der Waals surface area contributed by atoms with Crippen LogP contribution in [0.3, 0.4) is 0 Å². The predicted octanol–water partition coefficient (Wildman–Crippen LogP) is 3.03. The Morgan fingerprint density at radius 2 is 1.89 bits per heavy atom. The molecule has 0 saturated carbocycles. The summed E-state index contributed by atoms with van der Waals surface area (Å²) < 4.78 is 5.13. The highest BCUT2D eigenvalue weighted by atomic mass is 32.2. The standard InChI is InChI=1S/C20H20N4O2S2/c1-26-16-9-7-14(8-10-16)12-22-20(27)24-23-18(25)13-28-17-6-2-4-15-5-3-11-21-19(15)17/h2-11H,12-13H2,1H3,(H,23,25)(H2,22,24,27). The van der Waals surface area contributed by atoms with E-state index in [1.54, 1.807) is 13.3 Å². The van der Waals surface area contributed by atoms with Gasteiger partial charge < -0.3 is 10.1 Å². The zero-order chi connectivity index (χ0) is 19.8. The molecule has 0 saturated heterocycles. The Labute approximate surface area is 173 Å². The number of pyridine rings is 1.